The number of benzene rings is 2. The van der Waals surface area contributed by atoms with Crippen molar-refractivity contribution in [3.8, 4) is 0 Å². The lowest BCUT2D eigenvalue weighted by atomic mass is 9.94. The molecule has 1 heterocycles. The monoisotopic (exact) mass is 429 g/mol. The molecule has 0 radical (unpaired) electrons. The minimum absolute atomic E-state index is 0.168. The van der Waals surface area contributed by atoms with Gasteiger partial charge in [-0.15, -0.1) is 0 Å². The Morgan fingerprint density at radius 2 is 1.56 bits per heavy atom. The lowest BCUT2D eigenvalue weighted by molar-refractivity contribution is -0.146. The Hall–Kier alpha value is -2.47. The van der Waals surface area contributed by atoms with Gasteiger partial charge in [-0.25, -0.2) is 0 Å². The molecule has 0 atom stereocenters. The van der Waals surface area contributed by atoms with Crippen molar-refractivity contribution in [2.75, 3.05) is 20.2 Å². The molecule has 6 heteroatoms. The van der Waals surface area contributed by atoms with Crippen LogP contribution < -0.4 is 0 Å². The van der Waals surface area contributed by atoms with Crippen LogP contribution >= 0.6 is 15.9 Å². The van der Waals surface area contributed by atoms with E-state index in [2.05, 4.69) is 15.9 Å². The Morgan fingerprint density at radius 1 is 0.963 bits per heavy atom. The van der Waals surface area contributed by atoms with Gasteiger partial charge in [-0.3, -0.25) is 14.4 Å². The molecular formula is C21H20BrNO4. The van der Waals surface area contributed by atoms with Crippen molar-refractivity contribution in [2.24, 2.45) is 5.92 Å². The Kier molecular flexibility index (Phi) is 6.06. The van der Waals surface area contributed by atoms with Gasteiger partial charge < -0.3 is 9.64 Å². The number of hydrogen-bond acceptors (Lipinski definition) is 4. The summed E-state index contributed by atoms with van der Waals surface area (Å²) in [6.45, 7) is 0.943. The van der Waals surface area contributed by atoms with Crippen molar-refractivity contribution in [3.05, 3.63) is 69.7 Å². The van der Waals surface area contributed by atoms with E-state index in [9.17, 15) is 14.4 Å². The topological polar surface area (TPSA) is 63.7 Å². The van der Waals surface area contributed by atoms with Crippen molar-refractivity contribution in [1.82, 2.24) is 4.90 Å². The molecule has 2 aromatic rings. The van der Waals surface area contributed by atoms with Gasteiger partial charge in [0.05, 0.1) is 18.6 Å². The number of ketones is 1. The predicted octanol–water partition coefficient (Wildman–Crippen LogP) is 3.71. The molecule has 0 bridgehead atoms. The maximum Gasteiger partial charge on any atom is 0.308 e. The highest BCUT2D eigenvalue weighted by Crippen LogP contribution is 2.23. The van der Waals surface area contributed by atoms with Crippen LogP contribution in [0.3, 0.4) is 0 Å². The zero-order valence-electron chi connectivity index (χ0n) is 15.0. The second-order valence-corrected chi connectivity index (χ2v) is 7.39. The average molecular weight is 430 g/mol. The van der Waals surface area contributed by atoms with E-state index in [1.54, 1.807) is 53.4 Å². The molecule has 1 aliphatic rings. The van der Waals surface area contributed by atoms with Gasteiger partial charge in [-0.2, -0.15) is 0 Å². The number of nitrogens with zero attached hydrogens (tertiary/aromatic N) is 1. The van der Waals surface area contributed by atoms with Gasteiger partial charge in [0.2, 0.25) is 0 Å². The lowest BCUT2D eigenvalue weighted by Gasteiger charge is -2.31. The van der Waals surface area contributed by atoms with Gasteiger partial charge in [-0.05, 0) is 43.2 Å². The van der Waals surface area contributed by atoms with Gasteiger partial charge in [0.15, 0.2) is 5.78 Å². The Labute approximate surface area is 166 Å². The number of carbonyl (C=O) groups is 3. The summed E-state index contributed by atoms with van der Waals surface area (Å²) in [5, 5.41) is 0. The molecule has 2 aromatic carbocycles. The van der Waals surface area contributed by atoms with Crippen LogP contribution in [0.2, 0.25) is 0 Å². The first-order valence-electron chi connectivity index (χ1n) is 8.77. The Bertz CT molecular complexity index is 855. The number of methoxy groups -OCH3 is 1. The summed E-state index contributed by atoms with van der Waals surface area (Å²) < 4.78 is 5.67. The van der Waals surface area contributed by atoms with Crippen LogP contribution in [-0.4, -0.2) is 42.8 Å². The van der Waals surface area contributed by atoms with Crippen molar-refractivity contribution < 1.29 is 19.1 Å². The predicted molar refractivity (Wildman–Crippen MR) is 105 cm³/mol. The number of piperidine rings is 1. The molecule has 0 N–H and O–H groups in total. The molecule has 1 fully saturated rings. The Morgan fingerprint density at radius 3 is 2.15 bits per heavy atom. The maximum atomic E-state index is 13.0. The standard InChI is InChI=1S/C21H20BrNO4/c1-27-21(26)15-10-12-23(13-11-15)20(25)18-5-3-2-4-17(18)19(24)14-6-8-16(22)9-7-14/h2-9,15H,10-13H2,1H3. The Balaban J connectivity index is 1.79. The molecule has 0 aliphatic carbocycles. The van der Waals surface area contributed by atoms with E-state index in [1.807, 2.05) is 0 Å². The summed E-state index contributed by atoms with van der Waals surface area (Å²) in [5.41, 5.74) is 1.31. The summed E-state index contributed by atoms with van der Waals surface area (Å²) >= 11 is 3.36. The fourth-order valence-electron chi connectivity index (χ4n) is 3.28. The molecule has 27 heavy (non-hydrogen) atoms. The molecule has 0 aromatic heterocycles. The van der Waals surface area contributed by atoms with E-state index in [1.165, 1.54) is 7.11 Å². The molecule has 140 valence electrons. The second kappa shape index (κ2) is 8.48. The molecule has 3 rings (SSSR count). The van der Waals surface area contributed by atoms with E-state index in [0.29, 0.717) is 42.6 Å². The van der Waals surface area contributed by atoms with Gasteiger partial charge >= 0.3 is 5.97 Å². The molecule has 1 amide bonds. The van der Waals surface area contributed by atoms with E-state index in [4.69, 9.17) is 4.74 Å². The molecular weight excluding hydrogens is 410 g/mol. The number of ether oxygens (including phenoxy) is 1. The van der Waals surface area contributed by atoms with Crippen LogP contribution in [-0.2, 0) is 9.53 Å². The van der Waals surface area contributed by atoms with Crippen molar-refractivity contribution in [1.29, 1.82) is 0 Å². The average Bonchev–Trinajstić information content (AvgIpc) is 2.73. The highest BCUT2D eigenvalue weighted by atomic mass is 79.9. The summed E-state index contributed by atoms with van der Waals surface area (Å²) in [7, 11) is 1.38. The number of amides is 1. The normalized spacial score (nSPS) is 14.7. The fraction of sp³-hybridized carbons (Fsp3) is 0.286. The summed E-state index contributed by atoms with van der Waals surface area (Å²) in [5.74, 6) is -0.762. The van der Waals surface area contributed by atoms with Gasteiger partial charge in [0, 0.05) is 28.7 Å². The van der Waals surface area contributed by atoms with Gasteiger partial charge in [0.1, 0.15) is 0 Å². The zero-order valence-corrected chi connectivity index (χ0v) is 16.6. The minimum atomic E-state index is -0.229. The van der Waals surface area contributed by atoms with Gasteiger partial charge in [0.25, 0.3) is 5.91 Å². The van der Waals surface area contributed by atoms with E-state index < -0.39 is 0 Å². The van der Waals surface area contributed by atoms with E-state index in [-0.39, 0.29) is 23.6 Å². The summed E-state index contributed by atoms with van der Waals surface area (Å²) in [6.07, 6.45) is 1.14. The third-order valence-corrected chi connectivity index (χ3v) is 5.35. The van der Waals surface area contributed by atoms with E-state index in [0.717, 1.165) is 4.47 Å². The SMILES string of the molecule is COC(=O)C1CCN(C(=O)c2ccccc2C(=O)c2ccc(Br)cc2)CC1. The molecule has 1 saturated heterocycles. The van der Waals surface area contributed by atoms with Crippen LogP contribution in [0, 0.1) is 5.92 Å². The highest BCUT2D eigenvalue weighted by molar-refractivity contribution is 9.10. The third kappa shape index (κ3) is 4.27. The van der Waals surface area contributed by atoms with E-state index >= 15 is 0 Å². The number of likely N-dealkylation sites (tertiary alicyclic amines) is 1. The number of carbonyl (C=O) groups excluding carboxylic acids is 3. The maximum absolute atomic E-state index is 13.0. The molecule has 1 aliphatic heterocycles. The van der Waals surface area contributed by atoms with Crippen LogP contribution in [0.15, 0.2) is 53.0 Å². The summed E-state index contributed by atoms with van der Waals surface area (Å²) in [6, 6.07) is 13.9. The van der Waals surface area contributed by atoms with Crippen LogP contribution in [0.1, 0.15) is 39.1 Å². The third-order valence-electron chi connectivity index (χ3n) is 4.83. The van der Waals surface area contributed by atoms with Crippen molar-refractivity contribution >= 4 is 33.6 Å². The smallest absolute Gasteiger partial charge is 0.308 e. The fourth-order valence-corrected chi connectivity index (χ4v) is 3.54. The molecule has 0 unspecified atom stereocenters. The largest absolute Gasteiger partial charge is 0.469 e. The number of hydrogen-bond donors (Lipinski definition) is 0. The summed E-state index contributed by atoms with van der Waals surface area (Å²) in [4.78, 5) is 39.3. The zero-order chi connectivity index (χ0) is 19.4. The lowest BCUT2D eigenvalue weighted by Crippen LogP contribution is -2.41. The number of halogens is 1. The first kappa shape index (κ1) is 19.3. The first-order valence-corrected chi connectivity index (χ1v) is 9.57. The molecule has 5 nitrogen and oxygen atoms in total. The molecule has 0 spiro atoms. The highest BCUT2D eigenvalue weighted by Gasteiger charge is 2.29. The quantitative estimate of drug-likeness (QED) is 0.548. The van der Waals surface area contributed by atoms with Gasteiger partial charge in [-0.1, -0.05) is 34.1 Å². The van der Waals surface area contributed by atoms with Crippen LogP contribution in [0.5, 0.6) is 0 Å². The number of esters is 1. The number of rotatable bonds is 4. The second-order valence-electron chi connectivity index (χ2n) is 6.47. The van der Waals surface area contributed by atoms with Crippen LogP contribution in [0.25, 0.3) is 0 Å². The minimum Gasteiger partial charge on any atom is -0.469 e. The van der Waals surface area contributed by atoms with Crippen LogP contribution in [0.4, 0.5) is 0 Å². The first-order chi connectivity index (χ1) is 13.0. The van der Waals surface area contributed by atoms with Crippen molar-refractivity contribution in [2.45, 2.75) is 12.8 Å². The molecule has 0 saturated carbocycles. The van der Waals surface area contributed by atoms with Crippen molar-refractivity contribution in [3.63, 3.8) is 0 Å².